The molecule has 0 aromatic carbocycles. The van der Waals surface area contributed by atoms with Crippen LogP contribution in [0, 0.1) is 6.92 Å². The van der Waals surface area contributed by atoms with Gasteiger partial charge in [-0.25, -0.2) is 15.0 Å². The van der Waals surface area contributed by atoms with E-state index in [1.807, 2.05) is 13.0 Å². The van der Waals surface area contributed by atoms with Crippen LogP contribution in [0.5, 0.6) is 0 Å². The van der Waals surface area contributed by atoms with Gasteiger partial charge < -0.3 is 5.32 Å². The van der Waals surface area contributed by atoms with Gasteiger partial charge in [0.25, 0.3) is 0 Å². The number of nitrogens with one attached hydrogen (secondary N) is 1. The first-order valence-electron chi connectivity index (χ1n) is 7.12. The van der Waals surface area contributed by atoms with Gasteiger partial charge in [0, 0.05) is 29.1 Å². The van der Waals surface area contributed by atoms with Crippen molar-refractivity contribution in [1.82, 2.24) is 15.0 Å². The SMILES string of the molecule is CCCNc1cc(Sc2nc(C)cs2)nc(C(C)(C)C)n1. The van der Waals surface area contributed by atoms with Crippen molar-refractivity contribution in [3.05, 3.63) is 23.0 Å². The van der Waals surface area contributed by atoms with Crippen LogP contribution in [0.2, 0.25) is 0 Å². The first kappa shape index (κ1) is 16.2. The van der Waals surface area contributed by atoms with Crippen molar-refractivity contribution >= 4 is 28.9 Å². The lowest BCUT2D eigenvalue weighted by Gasteiger charge is -2.18. The van der Waals surface area contributed by atoms with Crippen LogP contribution < -0.4 is 5.32 Å². The first-order valence-corrected chi connectivity index (χ1v) is 8.81. The van der Waals surface area contributed by atoms with E-state index in [9.17, 15) is 0 Å². The van der Waals surface area contributed by atoms with Crippen molar-refractivity contribution in [2.45, 2.75) is 55.8 Å². The Balaban J connectivity index is 2.30. The molecule has 0 fully saturated rings. The van der Waals surface area contributed by atoms with Crippen molar-refractivity contribution < 1.29 is 0 Å². The molecule has 21 heavy (non-hydrogen) atoms. The molecule has 6 heteroatoms. The van der Waals surface area contributed by atoms with E-state index in [4.69, 9.17) is 4.98 Å². The quantitative estimate of drug-likeness (QED) is 0.821. The highest BCUT2D eigenvalue weighted by Crippen LogP contribution is 2.31. The Morgan fingerprint density at radius 3 is 2.57 bits per heavy atom. The number of thiazole rings is 1. The zero-order valence-corrected chi connectivity index (χ0v) is 14.9. The van der Waals surface area contributed by atoms with E-state index >= 15 is 0 Å². The van der Waals surface area contributed by atoms with E-state index in [1.54, 1.807) is 23.1 Å². The number of hydrogen-bond acceptors (Lipinski definition) is 6. The highest BCUT2D eigenvalue weighted by atomic mass is 32.2. The molecule has 0 atom stereocenters. The Labute approximate surface area is 134 Å². The molecule has 4 nitrogen and oxygen atoms in total. The minimum atomic E-state index is -0.0714. The number of anilines is 1. The third-order valence-corrected chi connectivity index (χ3v) is 4.69. The van der Waals surface area contributed by atoms with Crippen LogP contribution in [0.3, 0.4) is 0 Å². The highest BCUT2D eigenvalue weighted by molar-refractivity contribution is 8.01. The summed E-state index contributed by atoms with van der Waals surface area (Å²) in [5.74, 6) is 1.76. The van der Waals surface area contributed by atoms with E-state index < -0.39 is 0 Å². The molecule has 2 heterocycles. The molecule has 1 N–H and O–H groups in total. The van der Waals surface area contributed by atoms with Gasteiger partial charge in [-0.15, -0.1) is 11.3 Å². The second-order valence-electron chi connectivity index (χ2n) is 5.95. The van der Waals surface area contributed by atoms with Crippen LogP contribution in [0.4, 0.5) is 5.82 Å². The van der Waals surface area contributed by atoms with Crippen molar-refractivity contribution in [2.75, 3.05) is 11.9 Å². The normalized spacial score (nSPS) is 11.7. The molecule has 0 saturated heterocycles. The minimum absolute atomic E-state index is 0.0714. The molecule has 0 aliphatic heterocycles. The fourth-order valence-corrected chi connectivity index (χ4v) is 3.41. The smallest absolute Gasteiger partial charge is 0.156 e. The maximum Gasteiger partial charge on any atom is 0.156 e. The monoisotopic (exact) mass is 322 g/mol. The molecule has 2 rings (SSSR count). The predicted octanol–water partition coefficient (Wildman–Crippen LogP) is 4.51. The minimum Gasteiger partial charge on any atom is -0.370 e. The molecule has 0 spiro atoms. The molecule has 114 valence electrons. The fraction of sp³-hybridized carbons (Fsp3) is 0.533. The molecule has 0 aliphatic carbocycles. The lowest BCUT2D eigenvalue weighted by molar-refractivity contribution is 0.539. The van der Waals surface area contributed by atoms with Crippen molar-refractivity contribution in [3.8, 4) is 0 Å². The predicted molar refractivity (Wildman–Crippen MR) is 90.5 cm³/mol. The average molecular weight is 323 g/mol. The van der Waals surface area contributed by atoms with Crippen molar-refractivity contribution in [3.63, 3.8) is 0 Å². The molecule has 0 aliphatic rings. The molecular formula is C15H22N4S2. The molecular weight excluding hydrogens is 300 g/mol. The summed E-state index contributed by atoms with van der Waals surface area (Å²) in [7, 11) is 0. The molecule has 0 unspecified atom stereocenters. The third kappa shape index (κ3) is 4.68. The van der Waals surface area contributed by atoms with Gasteiger partial charge in [0.1, 0.15) is 16.7 Å². The van der Waals surface area contributed by atoms with E-state index in [0.29, 0.717) is 0 Å². The zero-order valence-electron chi connectivity index (χ0n) is 13.2. The van der Waals surface area contributed by atoms with Crippen molar-refractivity contribution in [2.24, 2.45) is 0 Å². The van der Waals surface area contributed by atoms with Gasteiger partial charge in [-0.05, 0) is 25.1 Å². The second kappa shape index (κ2) is 6.75. The lowest BCUT2D eigenvalue weighted by Crippen LogP contribution is -2.17. The summed E-state index contributed by atoms with van der Waals surface area (Å²) in [6.07, 6.45) is 1.07. The summed E-state index contributed by atoms with van der Waals surface area (Å²) in [6, 6.07) is 2.01. The van der Waals surface area contributed by atoms with Crippen LogP contribution >= 0.6 is 23.1 Å². The van der Waals surface area contributed by atoms with Gasteiger partial charge in [0.05, 0.1) is 0 Å². The van der Waals surface area contributed by atoms with Crippen LogP contribution in [0.15, 0.2) is 20.8 Å². The second-order valence-corrected chi connectivity index (χ2v) is 8.07. The summed E-state index contributed by atoms with van der Waals surface area (Å²) in [6.45, 7) is 11.5. The van der Waals surface area contributed by atoms with Crippen LogP contribution in [-0.2, 0) is 5.41 Å². The number of aromatic nitrogens is 3. The van der Waals surface area contributed by atoms with Gasteiger partial charge in [-0.2, -0.15) is 0 Å². The molecule has 0 bridgehead atoms. The number of aryl methyl sites for hydroxylation is 1. The molecule has 2 aromatic rings. The lowest BCUT2D eigenvalue weighted by atomic mass is 9.96. The topological polar surface area (TPSA) is 50.7 Å². The summed E-state index contributed by atoms with van der Waals surface area (Å²) in [4.78, 5) is 13.8. The standard InChI is InChI=1S/C15H22N4S2/c1-6-7-16-11-8-12(19-13(18-11)15(3,4)5)21-14-17-10(2)9-20-14/h8-9H,6-7H2,1-5H3,(H,16,18,19). The maximum absolute atomic E-state index is 4.70. The van der Waals surface area contributed by atoms with Gasteiger partial charge in [0.2, 0.25) is 0 Å². The van der Waals surface area contributed by atoms with Gasteiger partial charge in [-0.3, -0.25) is 0 Å². The van der Waals surface area contributed by atoms with E-state index in [0.717, 1.165) is 39.7 Å². The maximum atomic E-state index is 4.70. The van der Waals surface area contributed by atoms with E-state index in [2.05, 4.69) is 48.4 Å². The Morgan fingerprint density at radius 2 is 2.00 bits per heavy atom. The fourth-order valence-electron chi connectivity index (χ4n) is 1.63. The molecule has 0 radical (unpaired) electrons. The Kier molecular flexibility index (Phi) is 5.22. The highest BCUT2D eigenvalue weighted by Gasteiger charge is 2.19. The van der Waals surface area contributed by atoms with Crippen LogP contribution in [0.25, 0.3) is 0 Å². The summed E-state index contributed by atoms with van der Waals surface area (Å²) < 4.78 is 1.02. The average Bonchev–Trinajstić information content (AvgIpc) is 2.80. The Bertz CT molecular complexity index is 602. The number of rotatable bonds is 5. The van der Waals surface area contributed by atoms with Crippen LogP contribution in [0.1, 0.15) is 45.6 Å². The van der Waals surface area contributed by atoms with E-state index in [1.165, 1.54) is 0 Å². The Morgan fingerprint density at radius 1 is 1.24 bits per heavy atom. The van der Waals surface area contributed by atoms with Gasteiger partial charge in [-0.1, -0.05) is 27.7 Å². The summed E-state index contributed by atoms with van der Waals surface area (Å²) >= 11 is 3.26. The van der Waals surface area contributed by atoms with Crippen LogP contribution in [-0.4, -0.2) is 21.5 Å². The van der Waals surface area contributed by atoms with Gasteiger partial charge >= 0.3 is 0 Å². The third-order valence-electron chi connectivity index (χ3n) is 2.72. The number of nitrogens with zero attached hydrogens (tertiary/aromatic N) is 3. The first-order chi connectivity index (χ1) is 9.88. The zero-order chi connectivity index (χ0) is 15.5. The summed E-state index contributed by atoms with van der Waals surface area (Å²) in [5, 5.41) is 6.36. The molecule has 2 aromatic heterocycles. The van der Waals surface area contributed by atoms with Crippen molar-refractivity contribution in [1.29, 1.82) is 0 Å². The Hall–Kier alpha value is -1.14. The number of hydrogen-bond donors (Lipinski definition) is 1. The molecule has 0 amide bonds. The van der Waals surface area contributed by atoms with Gasteiger partial charge in [0.15, 0.2) is 4.34 Å². The largest absolute Gasteiger partial charge is 0.370 e. The summed E-state index contributed by atoms with van der Waals surface area (Å²) in [5.41, 5.74) is 0.981. The molecule has 0 saturated carbocycles. The van der Waals surface area contributed by atoms with E-state index in [-0.39, 0.29) is 5.41 Å².